The monoisotopic (exact) mass is 356 g/mol. The zero-order valence-corrected chi connectivity index (χ0v) is 16.4. The molecule has 1 nitrogen and oxygen atoms in total. The first-order valence-corrected chi connectivity index (χ1v) is 11.3. The second-order valence-corrected chi connectivity index (χ2v) is 12.4. The molecule has 1 aromatic rings. The smallest absolute Gasteiger partial charge is 0.192 e. The van der Waals surface area contributed by atoms with Gasteiger partial charge in [-0.1, -0.05) is 61.8 Å². The van der Waals surface area contributed by atoms with E-state index in [4.69, 9.17) is 4.43 Å². The fraction of sp³-hybridized carbons (Fsp3) is 0.647. The fourth-order valence-electron chi connectivity index (χ4n) is 2.17. The van der Waals surface area contributed by atoms with Crippen molar-refractivity contribution >= 4 is 24.2 Å². The summed E-state index contributed by atoms with van der Waals surface area (Å²) in [5, 5.41) is 0.306. The Hall–Kier alpha value is -0.123. The van der Waals surface area contributed by atoms with Gasteiger partial charge in [-0.3, -0.25) is 0 Å². The van der Waals surface area contributed by atoms with Crippen LogP contribution in [0.2, 0.25) is 18.1 Å². The second-order valence-electron chi connectivity index (χ2n) is 6.93. The number of rotatable bonds is 7. The Labute approximate surface area is 134 Å². The van der Waals surface area contributed by atoms with E-state index < -0.39 is 8.32 Å². The maximum absolute atomic E-state index is 6.34. The molecule has 20 heavy (non-hydrogen) atoms. The predicted octanol–water partition coefficient (Wildman–Crippen LogP) is 6.04. The van der Waals surface area contributed by atoms with Gasteiger partial charge in [0, 0.05) is 11.1 Å². The molecular weight excluding hydrogens is 328 g/mol. The molecule has 0 heterocycles. The van der Waals surface area contributed by atoms with E-state index in [0.717, 1.165) is 19.4 Å². The summed E-state index contributed by atoms with van der Waals surface area (Å²) in [6.45, 7) is 14.9. The van der Waals surface area contributed by atoms with Crippen LogP contribution in [0.5, 0.6) is 0 Å². The van der Waals surface area contributed by atoms with Crippen molar-refractivity contribution in [2.24, 2.45) is 5.92 Å². The summed E-state index contributed by atoms with van der Waals surface area (Å²) in [7, 11) is -1.66. The first-order valence-electron chi connectivity index (χ1n) is 7.56. The summed E-state index contributed by atoms with van der Waals surface area (Å²) in [6, 6.07) is 8.45. The van der Waals surface area contributed by atoms with Crippen molar-refractivity contribution in [2.45, 2.75) is 58.7 Å². The molecule has 0 spiro atoms. The first kappa shape index (κ1) is 17.9. The number of halogens is 1. The maximum atomic E-state index is 6.34. The quantitative estimate of drug-likeness (QED) is 0.427. The lowest BCUT2D eigenvalue weighted by Gasteiger charge is -2.42. The molecule has 0 aromatic heterocycles. The lowest BCUT2D eigenvalue weighted by atomic mass is 9.99. The predicted molar refractivity (Wildman–Crippen MR) is 94.8 cm³/mol. The first-order chi connectivity index (χ1) is 9.18. The summed E-state index contributed by atoms with van der Waals surface area (Å²) in [4.78, 5) is 0. The number of hydrogen-bond acceptors (Lipinski definition) is 1. The van der Waals surface area contributed by atoms with Gasteiger partial charge in [0.1, 0.15) is 0 Å². The highest BCUT2D eigenvalue weighted by Crippen LogP contribution is 2.44. The van der Waals surface area contributed by atoms with Crippen LogP contribution in [0, 0.1) is 5.92 Å². The van der Waals surface area contributed by atoms with Gasteiger partial charge in [-0.25, -0.2) is 0 Å². The third-order valence-electron chi connectivity index (χ3n) is 5.01. The van der Waals surface area contributed by atoms with Gasteiger partial charge in [0.25, 0.3) is 0 Å². The van der Waals surface area contributed by atoms with Gasteiger partial charge in [-0.2, -0.15) is 0 Å². The summed E-state index contributed by atoms with van der Waals surface area (Å²) < 4.78 is 7.55. The highest BCUT2D eigenvalue weighted by molar-refractivity contribution is 9.10. The largest absolute Gasteiger partial charge is 0.417 e. The van der Waals surface area contributed by atoms with E-state index >= 15 is 0 Å². The van der Waals surface area contributed by atoms with E-state index in [1.165, 1.54) is 10.0 Å². The van der Waals surface area contributed by atoms with Crippen molar-refractivity contribution in [3.05, 3.63) is 34.3 Å². The molecular formula is C17H29BrOSi. The van der Waals surface area contributed by atoms with Crippen LogP contribution in [0.4, 0.5) is 0 Å². The van der Waals surface area contributed by atoms with Gasteiger partial charge in [-0.05, 0) is 48.5 Å². The van der Waals surface area contributed by atoms with E-state index in [9.17, 15) is 0 Å². The third kappa shape index (κ3) is 4.44. The minimum Gasteiger partial charge on any atom is -0.417 e. The SMILES string of the molecule is CC(C)C(C)(C)[Si](C)(C)OCCCc1ccccc1Br. The average Bonchev–Trinajstić information content (AvgIpc) is 2.36. The fourth-order valence-corrected chi connectivity index (χ4v) is 5.07. The second kappa shape index (κ2) is 7.23. The van der Waals surface area contributed by atoms with E-state index in [-0.39, 0.29) is 0 Å². The van der Waals surface area contributed by atoms with Crippen LogP contribution >= 0.6 is 15.9 Å². The average molecular weight is 357 g/mol. The number of hydrogen-bond donors (Lipinski definition) is 0. The van der Waals surface area contributed by atoms with E-state index in [1.54, 1.807) is 0 Å². The van der Waals surface area contributed by atoms with Crippen molar-refractivity contribution in [2.75, 3.05) is 6.61 Å². The summed E-state index contributed by atoms with van der Waals surface area (Å²) in [5.74, 6) is 0.660. The molecule has 0 bridgehead atoms. The van der Waals surface area contributed by atoms with Crippen LogP contribution in [-0.4, -0.2) is 14.9 Å². The topological polar surface area (TPSA) is 9.23 Å². The van der Waals surface area contributed by atoms with E-state index in [0.29, 0.717) is 11.0 Å². The third-order valence-corrected chi connectivity index (χ3v) is 10.4. The van der Waals surface area contributed by atoms with Crippen molar-refractivity contribution in [1.29, 1.82) is 0 Å². The highest BCUT2D eigenvalue weighted by atomic mass is 79.9. The van der Waals surface area contributed by atoms with Crippen LogP contribution in [0.3, 0.4) is 0 Å². The number of aryl methyl sites for hydroxylation is 1. The van der Waals surface area contributed by atoms with E-state index in [2.05, 4.69) is 81.0 Å². The molecule has 0 atom stereocenters. The Morgan fingerprint density at radius 3 is 2.35 bits per heavy atom. The Kier molecular flexibility index (Phi) is 6.48. The zero-order chi connectivity index (χ0) is 15.4. The molecule has 0 aliphatic heterocycles. The van der Waals surface area contributed by atoms with Gasteiger partial charge in [0.05, 0.1) is 0 Å². The van der Waals surface area contributed by atoms with Gasteiger partial charge in [0.15, 0.2) is 8.32 Å². The van der Waals surface area contributed by atoms with Gasteiger partial charge >= 0.3 is 0 Å². The molecule has 3 heteroatoms. The summed E-state index contributed by atoms with van der Waals surface area (Å²) >= 11 is 3.61. The van der Waals surface area contributed by atoms with Crippen LogP contribution < -0.4 is 0 Å². The van der Waals surface area contributed by atoms with Gasteiger partial charge in [-0.15, -0.1) is 0 Å². The number of benzene rings is 1. The van der Waals surface area contributed by atoms with Crippen LogP contribution in [0.25, 0.3) is 0 Å². The lowest BCUT2D eigenvalue weighted by molar-refractivity contribution is 0.262. The molecule has 1 aromatic carbocycles. The van der Waals surface area contributed by atoms with E-state index in [1.807, 2.05) is 0 Å². The molecule has 0 unspecified atom stereocenters. The molecule has 0 radical (unpaired) electrons. The minimum absolute atomic E-state index is 0.306. The molecule has 0 fully saturated rings. The molecule has 0 aliphatic carbocycles. The minimum atomic E-state index is -1.66. The Balaban J connectivity index is 2.47. The molecule has 0 amide bonds. The molecule has 1 rings (SSSR count). The summed E-state index contributed by atoms with van der Waals surface area (Å²) in [6.07, 6.45) is 2.17. The van der Waals surface area contributed by atoms with Gasteiger partial charge < -0.3 is 4.43 Å². The molecule has 0 aliphatic rings. The van der Waals surface area contributed by atoms with Gasteiger partial charge in [0.2, 0.25) is 0 Å². The van der Waals surface area contributed by atoms with Crippen molar-refractivity contribution < 1.29 is 4.43 Å². The standard InChI is InChI=1S/C17H29BrOSi/c1-14(2)17(3,4)20(5,6)19-13-9-11-15-10-7-8-12-16(15)18/h7-8,10,12,14H,9,11,13H2,1-6H3. The summed E-state index contributed by atoms with van der Waals surface area (Å²) in [5.41, 5.74) is 1.37. The molecule has 0 saturated carbocycles. The normalized spacial score (nSPS) is 13.0. The highest BCUT2D eigenvalue weighted by Gasteiger charge is 2.42. The lowest BCUT2D eigenvalue weighted by Crippen LogP contribution is -2.45. The molecule has 114 valence electrons. The van der Waals surface area contributed by atoms with Crippen LogP contribution in [0.15, 0.2) is 28.7 Å². The maximum Gasteiger partial charge on any atom is 0.192 e. The molecule has 0 saturated heterocycles. The van der Waals surface area contributed by atoms with Crippen LogP contribution in [-0.2, 0) is 10.8 Å². The Morgan fingerprint density at radius 2 is 1.80 bits per heavy atom. The Morgan fingerprint density at radius 1 is 1.20 bits per heavy atom. The van der Waals surface area contributed by atoms with Crippen molar-refractivity contribution in [3.63, 3.8) is 0 Å². The zero-order valence-electron chi connectivity index (χ0n) is 13.8. The Bertz CT molecular complexity index is 427. The van der Waals surface area contributed by atoms with Crippen molar-refractivity contribution in [1.82, 2.24) is 0 Å². The van der Waals surface area contributed by atoms with Crippen molar-refractivity contribution in [3.8, 4) is 0 Å². The van der Waals surface area contributed by atoms with Crippen LogP contribution in [0.1, 0.15) is 39.7 Å². The molecule has 0 N–H and O–H groups in total.